The Kier molecular flexibility index (Phi) is 5.98. The van der Waals surface area contributed by atoms with Crippen molar-refractivity contribution in [3.05, 3.63) is 45.8 Å². The van der Waals surface area contributed by atoms with Crippen LogP contribution in [-0.2, 0) is 33.9 Å². The number of nitriles is 1. The summed E-state index contributed by atoms with van der Waals surface area (Å²) >= 11 is 1.51. The summed E-state index contributed by atoms with van der Waals surface area (Å²) in [4.78, 5) is 13.9. The molecule has 7 heteroatoms. The molecule has 3 rings (SSSR count). The second kappa shape index (κ2) is 8.24. The average Bonchev–Trinajstić information content (AvgIpc) is 2.81. The van der Waals surface area contributed by atoms with Crippen molar-refractivity contribution in [3.8, 4) is 6.07 Å². The molecule has 1 aromatic carbocycles. The molecule has 0 radical (unpaired) electrons. The monoisotopic (exact) mass is 402 g/mol. The Morgan fingerprint density at radius 1 is 1.19 bits per heavy atom. The lowest BCUT2D eigenvalue weighted by molar-refractivity contribution is -0.115. The molecule has 1 aliphatic carbocycles. The summed E-state index contributed by atoms with van der Waals surface area (Å²) in [5, 5.41) is 13.1. The number of hydrogen-bond acceptors (Lipinski definition) is 5. The molecule has 0 fully saturated rings. The third kappa shape index (κ3) is 4.40. The molecular formula is C20H22N2O3S2. The molecule has 0 aliphatic heterocycles. The van der Waals surface area contributed by atoms with Crippen molar-refractivity contribution in [2.24, 2.45) is 0 Å². The van der Waals surface area contributed by atoms with Gasteiger partial charge in [-0.15, -0.1) is 11.3 Å². The van der Waals surface area contributed by atoms with Crippen LogP contribution in [-0.4, -0.2) is 20.1 Å². The van der Waals surface area contributed by atoms with Gasteiger partial charge < -0.3 is 5.32 Å². The van der Waals surface area contributed by atoms with E-state index in [9.17, 15) is 18.5 Å². The fourth-order valence-corrected chi connectivity index (χ4v) is 5.43. The standard InChI is InChI=1S/C20H22N2O3S2/c1-2-27(24,25)15-10-8-14(9-11-15)12-19(23)22-20-17(13-21)16-6-4-3-5-7-18(16)26-20/h8-11H,2-7,12H2,1H3,(H,22,23). The van der Waals surface area contributed by atoms with E-state index in [4.69, 9.17) is 0 Å². The molecule has 27 heavy (non-hydrogen) atoms. The van der Waals surface area contributed by atoms with E-state index >= 15 is 0 Å². The summed E-state index contributed by atoms with van der Waals surface area (Å²) in [6, 6.07) is 8.66. The van der Waals surface area contributed by atoms with Crippen molar-refractivity contribution in [1.82, 2.24) is 0 Å². The third-order valence-electron chi connectivity index (χ3n) is 4.81. The highest BCUT2D eigenvalue weighted by Gasteiger charge is 2.21. The SMILES string of the molecule is CCS(=O)(=O)c1ccc(CC(=O)Nc2sc3c(c2C#N)CCCCC3)cc1. The highest BCUT2D eigenvalue weighted by atomic mass is 32.2. The lowest BCUT2D eigenvalue weighted by atomic mass is 10.1. The number of anilines is 1. The summed E-state index contributed by atoms with van der Waals surface area (Å²) in [5.74, 6) is -0.152. The zero-order chi connectivity index (χ0) is 19.4. The molecule has 0 atom stereocenters. The quantitative estimate of drug-likeness (QED) is 0.769. The van der Waals surface area contributed by atoms with Gasteiger partial charge in [0.1, 0.15) is 11.1 Å². The Balaban J connectivity index is 1.72. The predicted octanol–water partition coefficient (Wildman–Crippen LogP) is 3.86. The number of carbonyl (C=O) groups excluding carboxylic acids is 1. The van der Waals surface area contributed by atoms with E-state index in [-0.39, 0.29) is 23.0 Å². The second-order valence-corrected chi connectivity index (χ2v) is 10.0. The van der Waals surface area contributed by atoms with Gasteiger partial charge in [0, 0.05) is 4.88 Å². The maximum atomic E-state index is 12.4. The fourth-order valence-electron chi connectivity index (χ4n) is 3.29. The van der Waals surface area contributed by atoms with Crippen LogP contribution < -0.4 is 5.32 Å². The normalized spacial score (nSPS) is 14.1. The first-order valence-electron chi connectivity index (χ1n) is 9.10. The molecule has 2 aromatic rings. The highest BCUT2D eigenvalue weighted by molar-refractivity contribution is 7.91. The lowest BCUT2D eigenvalue weighted by Crippen LogP contribution is -2.14. The second-order valence-electron chi connectivity index (χ2n) is 6.65. The average molecular weight is 403 g/mol. The van der Waals surface area contributed by atoms with Crippen molar-refractivity contribution >= 4 is 32.1 Å². The van der Waals surface area contributed by atoms with Crippen LogP contribution in [0.25, 0.3) is 0 Å². The van der Waals surface area contributed by atoms with Crippen LogP contribution >= 0.6 is 11.3 Å². The van der Waals surface area contributed by atoms with Crippen LogP contribution in [0, 0.1) is 11.3 Å². The zero-order valence-electron chi connectivity index (χ0n) is 15.2. The van der Waals surface area contributed by atoms with Crippen molar-refractivity contribution in [3.63, 3.8) is 0 Å². The maximum absolute atomic E-state index is 12.4. The number of nitrogens with zero attached hydrogens (tertiary/aromatic N) is 1. The molecule has 1 heterocycles. The molecule has 1 amide bonds. The van der Waals surface area contributed by atoms with Crippen molar-refractivity contribution in [2.75, 3.05) is 11.1 Å². The van der Waals surface area contributed by atoms with Gasteiger partial charge in [0.25, 0.3) is 0 Å². The summed E-state index contributed by atoms with van der Waals surface area (Å²) in [6.07, 6.45) is 5.39. The smallest absolute Gasteiger partial charge is 0.229 e. The molecule has 142 valence electrons. The molecule has 5 nitrogen and oxygen atoms in total. The summed E-state index contributed by atoms with van der Waals surface area (Å²) < 4.78 is 23.7. The first kappa shape index (κ1) is 19.6. The number of aryl methyl sites for hydroxylation is 1. The number of benzene rings is 1. The number of hydrogen-bond donors (Lipinski definition) is 1. The predicted molar refractivity (Wildman–Crippen MR) is 107 cm³/mol. The van der Waals surface area contributed by atoms with E-state index in [1.54, 1.807) is 19.1 Å². The summed E-state index contributed by atoms with van der Waals surface area (Å²) in [7, 11) is -3.24. The van der Waals surface area contributed by atoms with E-state index in [1.165, 1.54) is 34.8 Å². The van der Waals surface area contributed by atoms with Gasteiger partial charge in [0.2, 0.25) is 5.91 Å². The van der Waals surface area contributed by atoms with Crippen LogP contribution in [0.3, 0.4) is 0 Å². The van der Waals surface area contributed by atoms with Gasteiger partial charge in [0.15, 0.2) is 9.84 Å². The van der Waals surface area contributed by atoms with E-state index in [1.807, 2.05) is 0 Å². The number of carbonyl (C=O) groups is 1. The molecule has 1 N–H and O–H groups in total. The van der Waals surface area contributed by atoms with Crippen molar-refractivity contribution in [2.45, 2.75) is 50.3 Å². The summed E-state index contributed by atoms with van der Waals surface area (Å²) in [6.45, 7) is 1.60. The van der Waals surface area contributed by atoms with Gasteiger partial charge >= 0.3 is 0 Å². The lowest BCUT2D eigenvalue weighted by Gasteiger charge is -2.06. The van der Waals surface area contributed by atoms with Gasteiger partial charge in [-0.05, 0) is 48.9 Å². The minimum atomic E-state index is -3.24. The Hall–Kier alpha value is -2.17. The highest BCUT2D eigenvalue weighted by Crippen LogP contribution is 2.37. The molecule has 1 aromatic heterocycles. The van der Waals surface area contributed by atoms with Crippen molar-refractivity contribution < 1.29 is 13.2 Å². The van der Waals surface area contributed by atoms with Gasteiger partial charge in [-0.3, -0.25) is 4.79 Å². The van der Waals surface area contributed by atoms with Crippen LogP contribution in [0.5, 0.6) is 0 Å². The topological polar surface area (TPSA) is 87.0 Å². The van der Waals surface area contributed by atoms with Gasteiger partial charge in [-0.1, -0.05) is 25.5 Å². The number of rotatable bonds is 5. The minimum absolute atomic E-state index is 0.0484. The van der Waals surface area contributed by atoms with Gasteiger partial charge in [0.05, 0.1) is 22.6 Å². The zero-order valence-corrected chi connectivity index (χ0v) is 16.9. The fraction of sp³-hybridized carbons (Fsp3) is 0.400. The van der Waals surface area contributed by atoms with E-state index in [2.05, 4.69) is 11.4 Å². The summed E-state index contributed by atoms with van der Waals surface area (Å²) in [5.41, 5.74) is 2.44. The van der Waals surface area contributed by atoms with E-state index in [0.29, 0.717) is 10.6 Å². The number of thiophene rings is 1. The Morgan fingerprint density at radius 2 is 1.89 bits per heavy atom. The number of nitrogens with one attached hydrogen (secondary N) is 1. The largest absolute Gasteiger partial charge is 0.316 e. The Labute approximate surface area is 164 Å². The van der Waals surface area contributed by atoms with Gasteiger partial charge in [-0.25, -0.2) is 8.42 Å². The van der Waals surface area contributed by atoms with Crippen molar-refractivity contribution in [1.29, 1.82) is 5.26 Å². The Morgan fingerprint density at radius 3 is 2.56 bits per heavy atom. The van der Waals surface area contributed by atoms with Crippen LogP contribution in [0.4, 0.5) is 5.00 Å². The minimum Gasteiger partial charge on any atom is -0.316 e. The first-order chi connectivity index (χ1) is 12.9. The Bertz CT molecular complexity index is 983. The molecule has 0 bridgehead atoms. The molecular weight excluding hydrogens is 380 g/mol. The van der Waals surface area contributed by atoms with Gasteiger partial charge in [-0.2, -0.15) is 5.26 Å². The molecule has 1 aliphatic rings. The number of sulfone groups is 1. The first-order valence-corrected chi connectivity index (χ1v) is 11.6. The van der Waals surface area contributed by atoms with Crippen LogP contribution in [0.15, 0.2) is 29.2 Å². The molecule has 0 saturated carbocycles. The van der Waals surface area contributed by atoms with E-state index < -0.39 is 9.84 Å². The van der Waals surface area contributed by atoms with E-state index in [0.717, 1.165) is 36.8 Å². The van der Waals surface area contributed by atoms with Crippen LogP contribution in [0.1, 0.15) is 47.8 Å². The molecule has 0 spiro atoms. The maximum Gasteiger partial charge on any atom is 0.229 e. The van der Waals surface area contributed by atoms with Crippen LogP contribution in [0.2, 0.25) is 0 Å². The molecule has 0 saturated heterocycles. The number of amides is 1. The molecule has 0 unspecified atom stereocenters. The number of fused-ring (bicyclic) bond motifs is 1. The third-order valence-corrected chi connectivity index (χ3v) is 7.77.